The average Bonchev–Trinajstić information content (AvgIpc) is 1.62. The van der Waals surface area contributed by atoms with E-state index in [4.69, 9.17) is 28.8 Å². The number of carboxylic acids is 1. The van der Waals surface area contributed by atoms with Crippen LogP contribution in [0.3, 0.4) is 0 Å². The van der Waals surface area contributed by atoms with Crippen molar-refractivity contribution < 1.29 is 114 Å². The van der Waals surface area contributed by atoms with Crippen LogP contribution in [-0.2, 0) is 128 Å². The van der Waals surface area contributed by atoms with Gasteiger partial charge in [-0.25, -0.2) is 9.18 Å². The molecule has 8 N–H and O–H groups in total. The van der Waals surface area contributed by atoms with Crippen molar-refractivity contribution in [3.8, 4) is 5.75 Å². The highest BCUT2D eigenvalue weighted by Crippen LogP contribution is 2.36. The number of nitrogens with one attached hydrogen (secondary N) is 6. The van der Waals surface area contributed by atoms with Crippen LogP contribution in [0, 0.1) is 17.7 Å². The highest BCUT2D eigenvalue weighted by Gasteiger charge is 2.50. The predicted molar refractivity (Wildman–Crippen MR) is 439 cm³/mol. The summed E-state index contributed by atoms with van der Waals surface area (Å²) in [5.74, 6) is -14.2. The van der Waals surface area contributed by atoms with E-state index in [1.54, 1.807) is 88.1 Å². The zero-order valence-corrected chi connectivity index (χ0v) is 70.7. The van der Waals surface area contributed by atoms with Gasteiger partial charge >= 0.3 is 12.1 Å². The fourth-order valence-electron chi connectivity index (χ4n) is 15.8. The minimum absolute atomic E-state index is 0.0315. The molecule has 4 aromatic carbocycles. The first-order valence-corrected chi connectivity index (χ1v) is 41.6. The number of ketones is 3. The molecule has 0 spiro atoms. The number of aliphatic carboxylic acids is 1. The SMILES string of the molecule is COc1ccc(C[C@@H]2NC(=O)[C@H]([C@@H](C)O)CC(=O)[C@@H]3[C@@H]4CCN3C(=O)[C@H]3CC(=O)[C@H](Cc5cccc(c5)CNC(=O)CO4)NC(=O)[C@@H](CNC(=O)CCOCCOCC[N+](C)(C)C)NC(=O)[C@H](C)NC(=O)CCC(=O)N(CCn4cc(nn4)Cn4cc(c5cc(F)ccc54)C3)Cc3ccc(cc3)CCCC(=O)[C@]3(C)CCCN3C2=O)cc1.O=C(O)C(F)(F)F. The van der Waals surface area contributed by atoms with E-state index in [-0.39, 0.29) is 123 Å². The number of rotatable bonds is 15. The number of quaternary nitrogens is 1. The maximum absolute atomic E-state index is 16.4. The summed E-state index contributed by atoms with van der Waals surface area (Å²) in [5, 5.41) is 44.7. The molecule has 0 aliphatic carbocycles. The van der Waals surface area contributed by atoms with Crippen molar-refractivity contribution in [1.82, 2.24) is 66.2 Å². The highest BCUT2D eigenvalue weighted by atomic mass is 19.4. The molecule has 0 saturated carbocycles. The maximum Gasteiger partial charge on any atom is 0.490 e. The second-order valence-corrected chi connectivity index (χ2v) is 33.3. The van der Waals surface area contributed by atoms with Crippen LogP contribution in [-0.4, -0.2) is 274 Å². The Hall–Kier alpha value is -11.4. The van der Waals surface area contributed by atoms with Crippen LogP contribution in [0.1, 0.15) is 124 Å². The molecule has 33 nitrogen and oxygen atoms in total. The fraction of sp³-hybridized carbons (Fsp3) is 0.529. The van der Waals surface area contributed by atoms with Gasteiger partial charge in [-0.05, 0) is 129 Å². The lowest BCUT2D eigenvalue weighted by Gasteiger charge is -2.37. The number of halogens is 4. The Balaban J connectivity index is 0.00000220. The summed E-state index contributed by atoms with van der Waals surface area (Å²) in [6, 6.07) is 17.7. The molecule has 9 amide bonds. The highest BCUT2D eigenvalue weighted by molar-refractivity contribution is 6.00. The summed E-state index contributed by atoms with van der Waals surface area (Å²) in [7, 11) is 7.61. The number of fused-ring (bicyclic) bond motifs is 16. The summed E-state index contributed by atoms with van der Waals surface area (Å²) in [6.45, 7) is 5.06. The van der Waals surface area contributed by atoms with Crippen LogP contribution >= 0.6 is 0 Å². The number of Topliss-reactive ketones (excluding diaryl/α,β-unsaturated/α-hetero) is 3. The maximum atomic E-state index is 16.4. The molecule has 8 heterocycles. The fourth-order valence-corrected chi connectivity index (χ4v) is 15.8. The Morgan fingerprint density at radius 3 is 2.14 bits per heavy atom. The Morgan fingerprint density at radius 2 is 1.43 bits per heavy atom. The number of carbonyl (C=O) groups is 13. The van der Waals surface area contributed by atoms with E-state index in [9.17, 15) is 47.0 Å². The minimum Gasteiger partial charge on any atom is -0.497 e. The van der Waals surface area contributed by atoms with Crippen molar-refractivity contribution >= 4 is 87.4 Å². The largest absolute Gasteiger partial charge is 0.497 e. The molecule has 0 radical (unpaired) electrons. The number of hydrogen-bond acceptors (Lipinski definition) is 20. The molecule has 6 aliphatic heterocycles. The lowest BCUT2D eigenvalue weighted by molar-refractivity contribution is -0.870. The third-order valence-electron chi connectivity index (χ3n) is 22.9. The number of carboxylic acid groups (broad SMARTS) is 1. The van der Waals surface area contributed by atoms with Crippen molar-refractivity contribution in [1.29, 1.82) is 0 Å². The number of aliphatic hydroxyl groups is 1. The second kappa shape index (κ2) is 43.3. The topological polar surface area (TPSA) is 417 Å². The number of aliphatic hydroxyl groups excluding tert-OH is 1. The van der Waals surface area contributed by atoms with Crippen LogP contribution in [0.5, 0.6) is 5.75 Å². The van der Waals surface area contributed by atoms with Crippen molar-refractivity contribution in [2.75, 3.05) is 94.0 Å². The number of benzene rings is 4. The molecule has 124 heavy (non-hydrogen) atoms. The first kappa shape index (κ1) is 94.8. The number of ether oxygens (including phenoxy) is 4. The van der Waals surface area contributed by atoms with E-state index in [1.165, 1.54) is 42.9 Å². The van der Waals surface area contributed by atoms with Gasteiger partial charge in [0.2, 0.25) is 53.2 Å². The monoisotopic (exact) mass is 1730 g/mol. The van der Waals surface area contributed by atoms with Crippen LogP contribution in [0.4, 0.5) is 17.6 Å². The summed E-state index contributed by atoms with van der Waals surface area (Å²) < 4.78 is 74.9. The number of amides is 9. The summed E-state index contributed by atoms with van der Waals surface area (Å²) >= 11 is 0. The number of hydrogen-bond donors (Lipinski definition) is 8. The summed E-state index contributed by atoms with van der Waals surface area (Å²) in [5.41, 5.74) is 3.18. The molecule has 10 atom stereocenters. The average molecular weight is 1730 g/mol. The normalized spacial score (nSPS) is 23.5. The van der Waals surface area contributed by atoms with Gasteiger partial charge in [0.15, 0.2) is 17.3 Å². The molecule has 12 rings (SSSR count). The van der Waals surface area contributed by atoms with Crippen LogP contribution < -0.4 is 36.6 Å². The van der Waals surface area contributed by atoms with Gasteiger partial charge in [-0.1, -0.05) is 65.9 Å². The predicted octanol–water partition coefficient (Wildman–Crippen LogP) is 3.55. The van der Waals surface area contributed by atoms with Gasteiger partial charge in [0, 0.05) is 107 Å². The van der Waals surface area contributed by atoms with Gasteiger partial charge in [0.1, 0.15) is 54.6 Å². The van der Waals surface area contributed by atoms with Gasteiger partial charge in [-0.2, -0.15) is 13.2 Å². The van der Waals surface area contributed by atoms with Gasteiger partial charge in [-0.3, -0.25) is 62.2 Å². The van der Waals surface area contributed by atoms with Crippen molar-refractivity contribution in [3.63, 3.8) is 0 Å². The Labute approximate surface area is 714 Å². The number of alkyl halides is 3. The van der Waals surface area contributed by atoms with Crippen LogP contribution in [0.15, 0.2) is 103 Å². The molecule has 2 aromatic heterocycles. The van der Waals surface area contributed by atoms with Crippen LogP contribution in [0.2, 0.25) is 0 Å². The number of nitrogens with zero attached hydrogens (tertiary/aromatic N) is 8. The van der Waals surface area contributed by atoms with Gasteiger partial charge < -0.3 is 84.8 Å². The third-order valence-corrected chi connectivity index (χ3v) is 22.9. The molecular formula is C87H111F4N14O19+. The molecule has 2 saturated heterocycles. The molecule has 0 unspecified atom stereocenters. The Morgan fingerprint density at radius 1 is 0.718 bits per heavy atom. The first-order chi connectivity index (χ1) is 58.9. The van der Waals surface area contributed by atoms with Crippen molar-refractivity contribution in [3.05, 3.63) is 148 Å². The zero-order valence-electron chi connectivity index (χ0n) is 70.7. The molecule has 6 aliphatic rings. The lowest BCUT2D eigenvalue weighted by atomic mass is 9.87. The van der Waals surface area contributed by atoms with Gasteiger partial charge in [-0.15, -0.1) is 5.10 Å². The van der Waals surface area contributed by atoms with E-state index >= 15 is 33.2 Å². The summed E-state index contributed by atoms with van der Waals surface area (Å²) in [6.07, 6.45) is -5.87. The zero-order chi connectivity index (χ0) is 89.7. The Kier molecular flexibility index (Phi) is 33.1. The molecular weight excluding hydrogens is 1620 g/mol. The van der Waals surface area contributed by atoms with E-state index in [1.807, 2.05) is 45.4 Å². The minimum atomic E-state index is -5.08. The number of likely N-dealkylation sites (N-methyl/N-ethyl adjacent to an activating group) is 1. The van der Waals surface area contributed by atoms with Gasteiger partial charge in [0.25, 0.3) is 0 Å². The molecule has 14 bridgehead atoms. The first-order valence-electron chi connectivity index (χ1n) is 41.6. The molecule has 2 fully saturated rings. The van der Waals surface area contributed by atoms with Gasteiger partial charge in [0.05, 0.1) is 104 Å². The van der Waals surface area contributed by atoms with Crippen molar-refractivity contribution in [2.24, 2.45) is 11.8 Å². The molecule has 6 aromatic rings. The van der Waals surface area contributed by atoms with E-state index in [0.717, 1.165) is 17.7 Å². The smallest absolute Gasteiger partial charge is 0.490 e. The number of methoxy groups -OCH3 is 1. The number of aryl methyl sites for hydroxylation is 1. The summed E-state index contributed by atoms with van der Waals surface area (Å²) in [4.78, 5) is 193. The quantitative estimate of drug-likeness (QED) is 0.0414. The lowest BCUT2D eigenvalue weighted by Crippen LogP contribution is -2.59. The Bertz CT molecular complexity index is 4820. The second-order valence-electron chi connectivity index (χ2n) is 33.3. The van der Waals surface area contributed by atoms with E-state index in [2.05, 4.69) is 42.2 Å². The van der Waals surface area contributed by atoms with E-state index in [0.29, 0.717) is 81.4 Å². The number of carbonyl (C=O) groups excluding carboxylic acids is 12. The third kappa shape index (κ3) is 26.6. The van der Waals surface area contributed by atoms with E-state index < -0.39 is 168 Å². The standard InChI is InChI=1S/C85H109FN14O17.C2HF3O2/c1-53-80(109)92-69(47-88-75(105)28-35-115-37-38-116-36-34-100(4,5)6)82(111)90-67-41-58-12-8-13-59(39-58)46-87-77(107)52-117-73-27-31-98-79(73)72(103)45-65(54(2)101)81(110)91-68(40-56-19-22-64(114-7)23-20-56)84(113)99-30-10-29-85(99,3)74(104)14-9-11-55-15-17-57(18-16-55)48-95(78(108)26-25-76(106)89-53)32-33-97-51-63(93-94-97)50-96-49-61(42-60(83(98)112)43-71(67)102)66-44-62(86)21-24-70(66)96;3-2(4,5)1(6)7/h8,12-13,15-24,39,44,49,51,53-54,60,65,67-69,73,79,101H,9-11,14,25-38,40-43,45-48,50,52H2,1-7H3,(H5-,87,88,89,90,91,92,105,106,107,109,110,111);(H,6,7)/p+1/t53-,54+,60+,65-,67-,68-,69+,73-,79+,85-;/m0./s1. The number of aromatic nitrogens is 4. The van der Waals surface area contributed by atoms with Crippen LogP contribution in [0.25, 0.3) is 10.9 Å². The molecule has 670 valence electrons. The van der Waals surface area contributed by atoms with Crippen molar-refractivity contribution in [2.45, 2.75) is 191 Å². The molecule has 37 heteroatoms.